The van der Waals surface area contributed by atoms with Gasteiger partial charge in [-0.25, -0.2) is 0 Å². The first-order valence-electron chi connectivity index (χ1n) is 3.60. The minimum absolute atomic E-state index is 0.373. The molecule has 2 atom stereocenters. The zero-order valence-electron chi connectivity index (χ0n) is 5.34. The van der Waals surface area contributed by atoms with Gasteiger partial charge < -0.3 is 0 Å². The Kier molecular flexibility index (Phi) is 0.981. The van der Waals surface area contributed by atoms with Crippen LogP contribution in [0.2, 0.25) is 0 Å². The summed E-state index contributed by atoms with van der Waals surface area (Å²) in [6, 6.07) is 0. The minimum Gasteiger partial charge on any atom is -0.295 e. The van der Waals surface area contributed by atoms with E-state index in [1.165, 1.54) is 12.8 Å². The van der Waals surface area contributed by atoms with Crippen LogP contribution in [-0.4, -0.2) is 5.78 Å². The molecule has 0 saturated heterocycles. The molecule has 1 fully saturated rings. The molecule has 1 heteroatoms. The third-order valence-electron chi connectivity index (χ3n) is 2.44. The molecule has 0 aromatic carbocycles. The largest absolute Gasteiger partial charge is 0.295 e. The highest BCUT2D eigenvalue weighted by Gasteiger charge is 2.33. The predicted molar refractivity (Wildman–Crippen MR) is 35.0 cm³/mol. The molecule has 2 aliphatic rings. The molecular weight excluding hydrogens is 112 g/mol. The average Bonchev–Trinajstić information content (AvgIpc) is 2.35. The number of allylic oxidation sites excluding steroid dienone is 2. The highest BCUT2D eigenvalue weighted by atomic mass is 16.1. The van der Waals surface area contributed by atoms with E-state index in [-0.39, 0.29) is 0 Å². The summed E-state index contributed by atoms with van der Waals surface area (Å²) < 4.78 is 0. The maximum absolute atomic E-state index is 11.0. The van der Waals surface area contributed by atoms with Gasteiger partial charge in [0, 0.05) is 5.92 Å². The molecule has 0 unspecified atom stereocenters. The lowest BCUT2D eigenvalue weighted by atomic mass is 9.99. The van der Waals surface area contributed by atoms with Crippen molar-refractivity contribution in [2.24, 2.45) is 11.8 Å². The van der Waals surface area contributed by atoms with Crippen LogP contribution in [-0.2, 0) is 4.79 Å². The third-order valence-corrected chi connectivity index (χ3v) is 2.44. The number of hydrogen-bond donors (Lipinski definition) is 0. The zero-order chi connectivity index (χ0) is 6.27. The molecule has 0 N–H and O–H groups in total. The van der Waals surface area contributed by atoms with Crippen LogP contribution >= 0.6 is 0 Å². The first-order valence-corrected chi connectivity index (χ1v) is 3.60. The van der Waals surface area contributed by atoms with E-state index in [1.807, 2.05) is 0 Å². The van der Waals surface area contributed by atoms with Gasteiger partial charge in [-0.2, -0.15) is 0 Å². The lowest BCUT2D eigenvalue weighted by Crippen LogP contribution is -2.07. The summed E-state index contributed by atoms with van der Waals surface area (Å²) in [6.07, 6.45) is 7.48. The number of carbonyl (C=O) groups excluding carboxylic acids is 1. The third kappa shape index (κ3) is 0.640. The van der Waals surface area contributed by atoms with Crippen molar-refractivity contribution in [1.82, 2.24) is 0 Å². The molecule has 0 radical (unpaired) electrons. The van der Waals surface area contributed by atoms with Crippen LogP contribution in [0.4, 0.5) is 0 Å². The van der Waals surface area contributed by atoms with Crippen molar-refractivity contribution < 1.29 is 4.79 Å². The Balaban J connectivity index is 2.24. The molecule has 0 spiro atoms. The first-order chi connectivity index (χ1) is 4.38. The molecule has 0 aromatic heterocycles. The van der Waals surface area contributed by atoms with E-state index in [4.69, 9.17) is 0 Å². The fourth-order valence-corrected chi connectivity index (χ4v) is 1.91. The Labute approximate surface area is 54.8 Å². The highest BCUT2D eigenvalue weighted by Crippen LogP contribution is 2.37. The van der Waals surface area contributed by atoms with Crippen LogP contribution < -0.4 is 0 Å². The second-order valence-electron chi connectivity index (χ2n) is 2.96. The highest BCUT2D eigenvalue weighted by molar-refractivity contribution is 5.94. The minimum atomic E-state index is 0.373. The van der Waals surface area contributed by atoms with Crippen molar-refractivity contribution in [3.8, 4) is 0 Å². The standard InChI is InChI=1S/C8H10O/c9-8-5-4-6-2-1-3-7(6)8/h4-7H,1-3H2/t6-,7-/m0/s1. The lowest BCUT2D eigenvalue weighted by Gasteiger charge is -2.03. The summed E-state index contributed by atoms with van der Waals surface area (Å²) in [5.74, 6) is 1.39. The molecule has 48 valence electrons. The Bertz CT molecular complexity index is 169. The van der Waals surface area contributed by atoms with Gasteiger partial charge in [0.25, 0.3) is 0 Å². The molecule has 0 aromatic rings. The zero-order valence-corrected chi connectivity index (χ0v) is 5.34. The van der Waals surface area contributed by atoms with Crippen LogP contribution in [0.3, 0.4) is 0 Å². The predicted octanol–water partition coefficient (Wildman–Crippen LogP) is 1.54. The Hall–Kier alpha value is -0.590. The van der Waals surface area contributed by atoms with E-state index >= 15 is 0 Å². The van der Waals surface area contributed by atoms with Gasteiger partial charge in [-0.15, -0.1) is 0 Å². The maximum atomic E-state index is 11.0. The van der Waals surface area contributed by atoms with Crippen molar-refractivity contribution in [3.63, 3.8) is 0 Å². The molecule has 0 aliphatic heterocycles. The van der Waals surface area contributed by atoms with Crippen LogP contribution in [0.25, 0.3) is 0 Å². The summed E-state index contributed by atoms with van der Waals surface area (Å²) in [7, 11) is 0. The van der Waals surface area contributed by atoms with Crippen molar-refractivity contribution in [1.29, 1.82) is 0 Å². The fourth-order valence-electron chi connectivity index (χ4n) is 1.91. The lowest BCUT2D eigenvalue weighted by molar-refractivity contribution is -0.117. The van der Waals surface area contributed by atoms with Gasteiger partial charge in [0.2, 0.25) is 0 Å². The molecule has 0 amide bonds. The van der Waals surface area contributed by atoms with Crippen molar-refractivity contribution in [3.05, 3.63) is 12.2 Å². The fraction of sp³-hybridized carbons (Fsp3) is 0.625. The molecule has 0 heterocycles. The van der Waals surface area contributed by atoms with Gasteiger partial charge in [-0.1, -0.05) is 12.5 Å². The number of rotatable bonds is 0. The molecule has 2 aliphatic carbocycles. The van der Waals surface area contributed by atoms with E-state index in [1.54, 1.807) is 6.08 Å². The van der Waals surface area contributed by atoms with E-state index in [0.29, 0.717) is 17.6 Å². The molecular formula is C8H10O. The molecule has 0 bridgehead atoms. The Morgan fingerprint density at radius 3 is 3.11 bits per heavy atom. The first kappa shape index (κ1) is 5.21. The van der Waals surface area contributed by atoms with Gasteiger partial charge in [0.15, 0.2) is 5.78 Å². The normalized spacial score (nSPS) is 39.8. The van der Waals surface area contributed by atoms with Gasteiger partial charge >= 0.3 is 0 Å². The van der Waals surface area contributed by atoms with Crippen molar-refractivity contribution in [2.75, 3.05) is 0 Å². The van der Waals surface area contributed by atoms with Crippen LogP contribution in [0.5, 0.6) is 0 Å². The monoisotopic (exact) mass is 122 g/mol. The summed E-state index contributed by atoms with van der Waals surface area (Å²) in [4.78, 5) is 11.0. The summed E-state index contributed by atoms with van der Waals surface area (Å²) in [5.41, 5.74) is 0. The summed E-state index contributed by atoms with van der Waals surface area (Å²) in [5, 5.41) is 0. The smallest absolute Gasteiger partial charge is 0.159 e. The van der Waals surface area contributed by atoms with Crippen molar-refractivity contribution in [2.45, 2.75) is 19.3 Å². The van der Waals surface area contributed by atoms with Gasteiger partial charge in [-0.3, -0.25) is 4.79 Å². The second kappa shape index (κ2) is 1.69. The SMILES string of the molecule is O=C1C=C[C@@H]2CCC[C@H]12. The Morgan fingerprint density at radius 2 is 2.33 bits per heavy atom. The maximum Gasteiger partial charge on any atom is 0.159 e. The molecule has 9 heavy (non-hydrogen) atoms. The van der Waals surface area contributed by atoms with Crippen LogP contribution in [0, 0.1) is 11.8 Å². The van der Waals surface area contributed by atoms with Gasteiger partial charge in [0.05, 0.1) is 0 Å². The van der Waals surface area contributed by atoms with Gasteiger partial charge in [-0.05, 0) is 24.8 Å². The topological polar surface area (TPSA) is 17.1 Å². The van der Waals surface area contributed by atoms with Crippen LogP contribution in [0.1, 0.15) is 19.3 Å². The summed E-state index contributed by atoms with van der Waals surface area (Å²) in [6.45, 7) is 0. The number of ketones is 1. The second-order valence-corrected chi connectivity index (χ2v) is 2.96. The van der Waals surface area contributed by atoms with E-state index in [9.17, 15) is 4.79 Å². The van der Waals surface area contributed by atoms with E-state index < -0.39 is 0 Å². The Morgan fingerprint density at radius 1 is 1.44 bits per heavy atom. The van der Waals surface area contributed by atoms with Crippen molar-refractivity contribution >= 4 is 5.78 Å². The number of fused-ring (bicyclic) bond motifs is 1. The van der Waals surface area contributed by atoms with E-state index in [0.717, 1.165) is 6.42 Å². The van der Waals surface area contributed by atoms with Gasteiger partial charge in [0.1, 0.15) is 0 Å². The van der Waals surface area contributed by atoms with Crippen LogP contribution in [0.15, 0.2) is 12.2 Å². The molecule has 2 rings (SSSR count). The van der Waals surface area contributed by atoms with E-state index in [2.05, 4.69) is 6.08 Å². The number of carbonyl (C=O) groups is 1. The average molecular weight is 122 g/mol. The summed E-state index contributed by atoms with van der Waals surface area (Å²) >= 11 is 0. The molecule has 1 nitrogen and oxygen atoms in total. The molecule has 1 saturated carbocycles. The quantitative estimate of drug-likeness (QED) is 0.476. The number of hydrogen-bond acceptors (Lipinski definition) is 1.